The molecule has 1 aliphatic carbocycles. The lowest BCUT2D eigenvalue weighted by atomic mass is 9.92. The highest BCUT2D eigenvalue weighted by Gasteiger charge is 2.36. The topological polar surface area (TPSA) is 52.6 Å². The Hall–Kier alpha value is -1.58. The third kappa shape index (κ3) is 2.45. The molecule has 4 heteroatoms. The monoisotopic (exact) mass is 196 g/mol. The van der Waals surface area contributed by atoms with Gasteiger partial charge in [0.2, 0.25) is 0 Å². The zero-order valence-electron chi connectivity index (χ0n) is 7.77. The number of hydrogen-bond acceptors (Lipinski definition) is 4. The second kappa shape index (κ2) is 4.60. The van der Waals surface area contributed by atoms with E-state index in [0.29, 0.717) is 12.8 Å². The molecule has 0 bridgehead atoms. The predicted molar refractivity (Wildman–Crippen MR) is 49.4 cm³/mol. The van der Waals surface area contributed by atoms with Gasteiger partial charge in [0.05, 0.1) is 0 Å². The van der Waals surface area contributed by atoms with Crippen LogP contribution in [0.15, 0.2) is 25.3 Å². The quantitative estimate of drug-likeness (QED) is 0.496. The molecule has 1 aliphatic rings. The highest BCUT2D eigenvalue weighted by Crippen LogP contribution is 2.26. The molecular weight excluding hydrogens is 184 g/mol. The number of carbonyl (C=O) groups excluding carboxylic acids is 2. The maximum absolute atomic E-state index is 10.8. The number of ether oxygens (including phenoxy) is 2. The summed E-state index contributed by atoms with van der Waals surface area (Å²) < 4.78 is 9.85. The molecule has 2 unspecified atom stereocenters. The van der Waals surface area contributed by atoms with E-state index in [1.807, 2.05) is 0 Å². The van der Waals surface area contributed by atoms with Gasteiger partial charge in [-0.2, -0.15) is 0 Å². The van der Waals surface area contributed by atoms with Crippen LogP contribution in [-0.4, -0.2) is 24.1 Å². The van der Waals surface area contributed by atoms with Crippen LogP contribution in [0.2, 0.25) is 0 Å². The fraction of sp³-hybridized carbons (Fsp3) is 0.400. The van der Waals surface area contributed by atoms with Crippen molar-refractivity contribution >= 4 is 11.9 Å². The standard InChI is InChI=1S/C10H12O4/c1-3-9(11)13-7-5-6-8(7)14-10(12)4-2/h3-4,7-8H,1-2,5-6H2. The molecule has 1 rings (SSSR count). The summed E-state index contributed by atoms with van der Waals surface area (Å²) in [6, 6.07) is 0. The van der Waals surface area contributed by atoms with Crippen molar-refractivity contribution in [3.05, 3.63) is 25.3 Å². The first kappa shape index (κ1) is 10.5. The molecule has 0 heterocycles. The van der Waals surface area contributed by atoms with E-state index >= 15 is 0 Å². The van der Waals surface area contributed by atoms with Crippen molar-refractivity contribution in [3.8, 4) is 0 Å². The lowest BCUT2D eigenvalue weighted by molar-refractivity contribution is -0.174. The summed E-state index contributed by atoms with van der Waals surface area (Å²) in [6.45, 7) is 6.55. The number of hydrogen-bond donors (Lipinski definition) is 0. The first-order valence-electron chi connectivity index (χ1n) is 4.33. The lowest BCUT2D eigenvalue weighted by Crippen LogP contribution is -2.43. The van der Waals surface area contributed by atoms with Crippen molar-refractivity contribution in [1.82, 2.24) is 0 Å². The minimum absolute atomic E-state index is 0.329. The van der Waals surface area contributed by atoms with Crippen LogP contribution in [0.5, 0.6) is 0 Å². The molecule has 0 saturated heterocycles. The molecule has 2 atom stereocenters. The van der Waals surface area contributed by atoms with Gasteiger partial charge in [-0.25, -0.2) is 9.59 Å². The van der Waals surface area contributed by atoms with Crippen LogP contribution in [0.3, 0.4) is 0 Å². The highest BCUT2D eigenvalue weighted by molar-refractivity contribution is 5.82. The molecule has 1 fully saturated rings. The van der Waals surface area contributed by atoms with E-state index < -0.39 is 11.9 Å². The summed E-state index contributed by atoms with van der Waals surface area (Å²) in [5.74, 6) is -0.983. The Balaban J connectivity index is 2.35. The first-order valence-corrected chi connectivity index (χ1v) is 4.33. The van der Waals surface area contributed by atoms with Crippen LogP contribution in [-0.2, 0) is 19.1 Å². The summed E-state index contributed by atoms with van der Waals surface area (Å²) in [6.07, 6.45) is 2.95. The van der Waals surface area contributed by atoms with Gasteiger partial charge < -0.3 is 9.47 Å². The Bertz CT molecular complexity index is 241. The van der Waals surface area contributed by atoms with Gasteiger partial charge in [-0.05, 0) is 12.8 Å². The van der Waals surface area contributed by atoms with Gasteiger partial charge >= 0.3 is 11.9 Å². The molecule has 0 amide bonds. The SMILES string of the molecule is C=CC(=O)OC1CCC1OC(=O)C=C. The Morgan fingerprint density at radius 2 is 1.36 bits per heavy atom. The van der Waals surface area contributed by atoms with E-state index in [2.05, 4.69) is 13.2 Å². The second-order valence-corrected chi connectivity index (χ2v) is 2.94. The summed E-state index contributed by atoms with van der Waals surface area (Å²) in [4.78, 5) is 21.6. The normalized spacial score (nSPS) is 24.3. The van der Waals surface area contributed by atoms with Crippen molar-refractivity contribution in [3.63, 3.8) is 0 Å². The van der Waals surface area contributed by atoms with E-state index in [1.165, 1.54) is 0 Å². The van der Waals surface area contributed by atoms with Crippen LogP contribution in [0, 0.1) is 0 Å². The fourth-order valence-electron chi connectivity index (χ4n) is 1.10. The largest absolute Gasteiger partial charge is 0.455 e. The second-order valence-electron chi connectivity index (χ2n) is 2.94. The molecule has 76 valence electrons. The molecule has 1 saturated carbocycles. The molecular formula is C10H12O4. The smallest absolute Gasteiger partial charge is 0.330 e. The summed E-state index contributed by atoms with van der Waals surface area (Å²) in [5, 5.41) is 0. The van der Waals surface area contributed by atoms with Gasteiger partial charge in [0, 0.05) is 12.2 Å². The van der Waals surface area contributed by atoms with E-state index in [9.17, 15) is 9.59 Å². The minimum Gasteiger partial charge on any atom is -0.455 e. The van der Waals surface area contributed by atoms with Crippen molar-refractivity contribution in [2.45, 2.75) is 25.0 Å². The molecule has 0 aromatic carbocycles. The third-order valence-corrected chi connectivity index (χ3v) is 2.02. The fourth-order valence-corrected chi connectivity index (χ4v) is 1.10. The summed E-state index contributed by atoms with van der Waals surface area (Å²) in [7, 11) is 0. The zero-order valence-corrected chi connectivity index (χ0v) is 7.77. The van der Waals surface area contributed by atoms with Gasteiger partial charge in [-0.1, -0.05) is 13.2 Å². The Morgan fingerprint density at radius 3 is 1.57 bits per heavy atom. The van der Waals surface area contributed by atoms with Crippen LogP contribution in [0.4, 0.5) is 0 Å². The molecule has 0 aromatic heterocycles. The van der Waals surface area contributed by atoms with Gasteiger partial charge in [0.25, 0.3) is 0 Å². The Kier molecular flexibility index (Phi) is 3.45. The van der Waals surface area contributed by atoms with Gasteiger partial charge in [-0.15, -0.1) is 0 Å². The average molecular weight is 196 g/mol. The van der Waals surface area contributed by atoms with Crippen molar-refractivity contribution in [2.24, 2.45) is 0 Å². The zero-order chi connectivity index (χ0) is 10.6. The summed E-state index contributed by atoms with van der Waals surface area (Å²) >= 11 is 0. The Labute approximate surface area is 82.2 Å². The summed E-state index contributed by atoms with van der Waals surface area (Å²) in [5.41, 5.74) is 0. The molecule has 0 N–H and O–H groups in total. The van der Waals surface area contributed by atoms with Gasteiger partial charge in [0.15, 0.2) is 0 Å². The molecule has 4 nitrogen and oxygen atoms in total. The lowest BCUT2D eigenvalue weighted by Gasteiger charge is -2.34. The molecule has 14 heavy (non-hydrogen) atoms. The maximum Gasteiger partial charge on any atom is 0.330 e. The Morgan fingerprint density at radius 1 is 1.00 bits per heavy atom. The first-order chi connectivity index (χ1) is 6.67. The van der Waals surface area contributed by atoms with Crippen LogP contribution in [0.1, 0.15) is 12.8 Å². The minimum atomic E-state index is -0.491. The highest BCUT2D eigenvalue weighted by atomic mass is 16.6. The molecule has 0 aliphatic heterocycles. The van der Waals surface area contributed by atoms with Crippen LogP contribution < -0.4 is 0 Å². The van der Waals surface area contributed by atoms with Crippen molar-refractivity contribution in [1.29, 1.82) is 0 Å². The van der Waals surface area contributed by atoms with E-state index in [4.69, 9.17) is 9.47 Å². The molecule has 0 spiro atoms. The number of rotatable bonds is 4. The average Bonchev–Trinajstić information content (AvgIpc) is 2.19. The van der Waals surface area contributed by atoms with E-state index in [1.54, 1.807) is 0 Å². The third-order valence-electron chi connectivity index (χ3n) is 2.02. The van der Waals surface area contributed by atoms with Crippen LogP contribution in [0.25, 0.3) is 0 Å². The predicted octanol–water partition coefficient (Wildman–Crippen LogP) is 0.976. The van der Waals surface area contributed by atoms with Crippen molar-refractivity contribution in [2.75, 3.05) is 0 Å². The molecule has 0 radical (unpaired) electrons. The maximum atomic E-state index is 10.8. The number of esters is 2. The van der Waals surface area contributed by atoms with Gasteiger partial charge in [-0.3, -0.25) is 0 Å². The van der Waals surface area contributed by atoms with Crippen molar-refractivity contribution < 1.29 is 19.1 Å². The number of carbonyl (C=O) groups is 2. The van der Waals surface area contributed by atoms with Crippen LogP contribution >= 0.6 is 0 Å². The molecule has 0 aromatic rings. The van der Waals surface area contributed by atoms with E-state index in [-0.39, 0.29) is 12.2 Å². The van der Waals surface area contributed by atoms with E-state index in [0.717, 1.165) is 12.2 Å². The van der Waals surface area contributed by atoms with Gasteiger partial charge in [0.1, 0.15) is 12.2 Å².